The maximum Gasteiger partial charge on any atom is 0.257 e. The summed E-state index contributed by atoms with van der Waals surface area (Å²) in [5, 5.41) is 3.96. The lowest BCUT2D eigenvalue weighted by Gasteiger charge is -2.38. The van der Waals surface area contributed by atoms with Gasteiger partial charge in [0.25, 0.3) is 5.56 Å². The Labute approximate surface area is 197 Å². The molecule has 0 spiro atoms. The first kappa shape index (κ1) is 21.7. The summed E-state index contributed by atoms with van der Waals surface area (Å²) >= 11 is 1.50. The second-order valence-corrected chi connectivity index (χ2v) is 10.7. The fourth-order valence-corrected chi connectivity index (χ4v) is 5.60. The number of aryl methyl sites for hydroxylation is 1. The predicted molar refractivity (Wildman–Crippen MR) is 133 cm³/mol. The highest BCUT2D eigenvalue weighted by atomic mass is 32.2. The minimum atomic E-state index is -0.412. The molecule has 5 rings (SSSR count). The van der Waals surface area contributed by atoms with E-state index in [9.17, 15) is 9.59 Å². The molecule has 0 saturated heterocycles. The summed E-state index contributed by atoms with van der Waals surface area (Å²) in [6.45, 7) is 6.25. The van der Waals surface area contributed by atoms with Crippen LogP contribution in [0.1, 0.15) is 54.9 Å². The number of benzene rings is 2. The van der Waals surface area contributed by atoms with Crippen molar-refractivity contribution < 1.29 is 4.79 Å². The van der Waals surface area contributed by atoms with E-state index >= 15 is 0 Å². The van der Waals surface area contributed by atoms with Gasteiger partial charge in [0.1, 0.15) is 5.82 Å². The molecule has 1 aliphatic heterocycles. The molecular weight excluding hydrogens is 430 g/mol. The molecule has 1 aromatic heterocycles. The Hall–Kier alpha value is -3.12. The highest BCUT2D eigenvalue weighted by Gasteiger charge is 2.42. The van der Waals surface area contributed by atoms with Gasteiger partial charge in [-0.05, 0) is 29.9 Å². The number of Topliss-reactive ketones (excluding diaryl/α,β-unsaturated/α-hetero) is 1. The summed E-state index contributed by atoms with van der Waals surface area (Å²) < 4.78 is 0. The Balaban J connectivity index is 1.59. The van der Waals surface area contributed by atoms with Crippen LogP contribution in [-0.2, 0) is 10.5 Å². The molecule has 2 heterocycles. The number of carbonyl (C=O) groups is 1. The molecule has 2 aliphatic rings. The number of hydrogen-bond donors (Lipinski definition) is 2. The van der Waals surface area contributed by atoms with E-state index in [4.69, 9.17) is 4.98 Å². The highest BCUT2D eigenvalue weighted by Crippen LogP contribution is 2.47. The Morgan fingerprint density at radius 1 is 1.03 bits per heavy atom. The number of rotatable bonds is 4. The van der Waals surface area contributed by atoms with Crippen LogP contribution in [0, 0.1) is 12.3 Å². The molecule has 0 fully saturated rings. The van der Waals surface area contributed by atoms with Crippen molar-refractivity contribution in [2.45, 2.75) is 50.4 Å². The van der Waals surface area contributed by atoms with Crippen molar-refractivity contribution in [1.29, 1.82) is 0 Å². The lowest BCUT2D eigenvalue weighted by molar-refractivity contribution is -0.118. The van der Waals surface area contributed by atoms with Crippen molar-refractivity contribution in [3.8, 4) is 0 Å². The molecule has 5 nitrogen and oxygen atoms in total. The number of aromatic nitrogens is 2. The first-order chi connectivity index (χ1) is 15.8. The smallest absolute Gasteiger partial charge is 0.257 e. The molecule has 0 saturated carbocycles. The number of ketones is 1. The lowest BCUT2D eigenvalue weighted by atomic mass is 9.69. The van der Waals surface area contributed by atoms with Gasteiger partial charge in [0.15, 0.2) is 10.9 Å². The molecule has 3 aromatic rings. The van der Waals surface area contributed by atoms with Gasteiger partial charge in [-0.1, -0.05) is 85.8 Å². The quantitative estimate of drug-likeness (QED) is 0.396. The van der Waals surface area contributed by atoms with Gasteiger partial charge in [0.05, 0.1) is 5.56 Å². The predicted octanol–water partition coefficient (Wildman–Crippen LogP) is 5.57. The molecular formula is C27H27N3O2S. The highest BCUT2D eigenvalue weighted by molar-refractivity contribution is 7.98. The van der Waals surface area contributed by atoms with E-state index in [-0.39, 0.29) is 16.8 Å². The summed E-state index contributed by atoms with van der Waals surface area (Å²) in [6, 6.07) is 18.2. The zero-order chi connectivity index (χ0) is 23.2. The zero-order valence-corrected chi connectivity index (χ0v) is 19.9. The van der Waals surface area contributed by atoms with Crippen LogP contribution in [0.5, 0.6) is 0 Å². The second-order valence-electron chi connectivity index (χ2n) is 9.71. The van der Waals surface area contributed by atoms with Gasteiger partial charge in [-0.3, -0.25) is 9.59 Å². The molecule has 33 heavy (non-hydrogen) atoms. The number of H-pyrrole nitrogens is 1. The molecule has 6 heteroatoms. The number of nitrogens with one attached hydrogen (secondary N) is 2. The monoisotopic (exact) mass is 457 g/mol. The van der Waals surface area contributed by atoms with Crippen molar-refractivity contribution in [2.24, 2.45) is 5.41 Å². The standard InChI is InChI=1S/C27H27N3O2S/c1-16-9-11-18(12-10-16)21-22-19(13-27(2,3)14-20(22)31)28-24-23(21)25(32)30-26(29-24)33-15-17-7-5-4-6-8-17/h4-12,21H,13-15H2,1-3H3,(H2,28,29,30,32)/t21-/m1/s1. The number of allylic oxidation sites excluding steroid dienone is 2. The van der Waals surface area contributed by atoms with Crippen molar-refractivity contribution in [3.63, 3.8) is 0 Å². The van der Waals surface area contributed by atoms with Gasteiger partial charge in [0, 0.05) is 29.4 Å². The molecule has 1 aliphatic carbocycles. The van der Waals surface area contributed by atoms with Crippen molar-refractivity contribution in [2.75, 3.05) is 5.32 Å². The van der Waals surface area contributed by atoms with Crippen LogP contribution in [0.2, 0.25) is 0 Å². The summed E-state index contributed by atoms with van der Waals surface area (Å²) in [7, 11) is 0. The van der Waals surface area contributed by atoms with Crippen LogP contribution in [0.15, 0.2) is 75.8 Å². The largest absolute Gasteiger partial charge is 0.343 e. The molecule has 0 bridgehead atoms. The number of anilines is 1. The van der Waals surface area contributed by atoms with Crippen molar-refractivity contribution in [1.82, 2.24) is 9.97 Å². The van der Waals surface area contributed by atoms with Crippen LogP contribution >= 0.6 is 11.8 Å². The maximum absolute atomic E-state index is 13.4. The summed E-state index contributed by atoms with van der Waals surface area (Å²) in [5.41, 5.74) is 5.04. The van der Waals surface area contributed by atoms with E-state index in [1.54, 1.807) is 0 Å². The number of aromatic amines is 1. The van der Waals surface area contributed by atoms with E-state index in [0.29, 0.717) is 34.3 Å². The number of thioether (sulfide) groups is 1. The van der Waals surface area contributed by atoms with Gasteiger partial charge < -0.3 is 10.3 Å². The zero-order valence-electron chi connectivity index (χ0n) is 19.1. The Morgan fingerprint density at radius 2 is 1.76 bits per heavy atom. The molecule has 0 unspecified atom stereocenters. The summed E-state index contributed by atoms with van der Waals surface area (Å²) in [6.07, 6.45) is 1.22. The van der Waals surface area contributed by atoms with Crippen LogP contribution in [0.4, 0.5) is 5.82 Å². The average molecular weight is 458 g/mol. The number of hydrogen-bond acceptors (Lipinski definition) is 5. The summed E-state index contributed by atoms with van der Waals surface area (Å²) in [5.74, 6) is 0.963. The van der Waals surface area contributed by atoms with Gasteiger partial charge in [-0.2, -0.15) is 0 Å². The van der Waals surface area contributed by atoms with Crippen LogP contribution in [-0.4, -0.2) is 15.8 Å². The van der Waals surface area contributed by atoms with Crippen LogP contribution in [0.3, 0.4) is 0 Å². The van der Waals surface area contributed by atoms with E-state index < -0.39 is 5.92 Å². The third-order valence-corrected chi connectivity index (χ3v) is 7.27. The van der Waals surface area contributed by atoms with E-state index in [1.807, 2.05) is 49.4 Å². The van der Waals surface area contributed by atoms with Crippen molar-refractivity contribution >= 4 is 23.4 Å². The SMILES string of the molecule is Cc1ccc([C@@H]2C3=C(CC(C)(C)CC3=O)Nc3nc(SCc4ccccc4)[nH]c(=O)c32)cc1. The first-order valence-electron chi connectivity index (χ1n) is 11.2. The Bertz CT molecular complexity index is 1310. The van der Waals surface area contributed by atoms with E-state index in [1.165, 1.54) is 11.8 Å². The normalized spacial score (nSPS) is 19.0. The minimum absolute atomic E-state index is 0.104. The van der Waals surface area contributed by atoms with Crippen molar-refractivity contribution in [3.05, 3.63) is 98.5 Å². The summed E-state index contributed by atoms with van der Waals surface area (Å²) in [4.78, 5) is 34.4. The maximum atomic E-state index is 13.4. The van der Waals surface area contributed by atoms with Gasteiger partial charge in [-0.15, -0.1) is 0 Å². The second kappa shape index (κ2) is 8.34. The third-order valence-electron chi connectivity index (χ3n) is 6.33. The number of carbonyl (C=O) groups excluding carboxylic acids is 1. The topological polar surface area (TPSA) is 74.8 Å². The fraction of sp³-hybridized carbons (Fsp3) is 0.296. The molecule has 0 radical (unpaired) electrons. The first-order valence-corrected chi connectivity index (χ1v) is 12.2. The molecule has 2 aromatic carbocycles. The molecule has 0 amide bonds. The Kier molecular flexibility index (Phi) is 5.49. The minimum Gasteiger partial charge on any atom is -0.343 e. The molecule has 1 atom stereocenters. The molecule has 2 N–H and O–H groups in total. The van der Waals surface area contributed by atoms with Crippen LogP contribution < -0.4 is 10.9 Å². The fourth-order valence-electron chi connectivity index (χ4n) is 4.78. The average Bonchev–Trinajstić information content (AvgIpc) is 2.77. The number of fused-ring (bicyclic) bond motifs is 1. The van der Waals surface area contributed by atoms with Gasteiger partial charge in [-0.25, -0.2) is 4.98 Å². The Morgan fingerprint density at radius 3 is 2.48 bits per heavy atom. The van der Waals surface area contributed by atoms with Gasteiger partial charge in [0.2, 0.25) is 0 Å². The third kappa shape index (κ3) is 4.27. The van der Waals surface area contributed by atoms with E-state index in [2.05, 4.69) is 36.3 Å². The molecule has 168 valence electrons. The van der Waals surface area contributed by atoms with E-state index in [0.717, 1.165) is 28.8 Å². The van der Waals surface area contributed by atoms with Gasteiger partial charge >= 0.3 is 0 Å². The van der Waals surface area contributed by atoms with Crippen LogP contribution in [0.25, 0.3) is 0 Å². The number of nitrogens with zero attached hydrogens (tertiary/aromatic N) is 1. The lowest BCUT2D eigenvalue weighted by Crippen LogP contribution is -2.37.